The van der Waals surface area contributed by atoms with E-state index in [2.05, 4.69) is 0 Å². The van der Waals surface area contributed by atoms with Crippen molar-refractivity contribution in [3.8, 4) is 22.8 Å². The van der Waals surface area contributed by atoms with Gasteiger partial charge in [0.05, 0.1) is 14.2 Å². The molecule has 1 aromatic heterocycles. The summed E-state index contributed by atoms with van der Waals surface area (Å²) in [6.07, 6.45) is 0.812. The molecule has 4 nitrogen and oxygen atoms in total. The molecule has 3 rings (SSSR count). The van der Waals surface area contributed by atoms with Crippen LogP contribution < -0.4 is 9.47 Å². The normalized spacial score (nSPS) is 10.6. The Morgan fingerprint density at radius 1 is 1.05 bits per heavy atom. The number of benzene rings is 2. The Kier molecular flexibility index (Phi) is 3.36. The van der Waals surface area contributed by atoms with Crippen LogP contribution in [-0.4, -0.2) is 20.5 Å². The third-order valence-electron chi connectivity index (χ3n) is 3.38. The lowest BCUT2D eigenvalue weighted by Crippen LogP contribution is -1.86. The zero-order chi connectivity index (χ0) is 14.8. The maximum atomic E-state index is 11.2. The monoisotopic (exact) mass is 282 g/mol. The molecule has 0 bridgehead atoms. The van der Waals surface area contributed by atoms with Crippen LogP contribution in [-0.2, 0) is 0 Å². The number of fused-ring (bicyclic) bond motifs is 1. The summed E-state index contributed by atoms with van der Waals surface area (Å²) < 4.78 is 16.4. The summed E-state index contributed by atoms with van der Waals surface area (Å²) in [7, 11) is 3.19. The summed E-state index contributed by atoms with van der Waals surface area (Å²) in [6.45, 7) is 0. The van der Waals surface area contributed by atoms with Gasteiger partial charge >= 0.3 is 0 Å². The van der Waals surface area contributed by atoms with Gasteiger partial charge < -0.3 is 13.9 Å². The minimum Gasteiger partial charge on any atom is -0.497 e. The fourth-order valence-electron chi connectivity index (χ4n) is 2.30. The van der Waals surface area contributed by atoms with E-state index in [1.54, 1.807) is 26.4 Å². The van der Waals surface area contributed by atoms with Gasteiger partial charge in [-0.2, -0.15) is 0 Å². The number of rotatable bonds is 4. The number of carbonyl (C=O) groups is 1. The van der Waals surface area contributed by atoms with Crippen molar-refractivity contribution < 1.29 is 18.7 Å². The predicted molar refractivity (Wildman–Crippen MR) is 80.1 cm³/mol. The van der Waals surface area contributed by atoms with Gasteiger partial charge in [-0.15, -0.1) is 0 Å². The molecule has 21 heavy (non-hydrogen) atoms. The summed E-state index contributed by atoms with van der Waals surface area (Å²) in [5.74, 6) is 2.01. The van der Waals surface area contributed by atoms with Gasteiger partial charge in [0.2, 0.25) is 0 Å². The van der Waals surface area contributed by atoms with Gasteiger partial charge in [0.15, 0.2) is 17.6 Å². The predicted octanol–water partition coefficient (Wildman–Crippen LogP) is 3.93. The molecule has 0 aliphatic heterocycles. The van der Waals surface area contributed by atoms with E-state index < -0.39 is 0 Å². The third kappa shape index (κ3) is 2.25. The van der Waals surface area contributed by atoms with E-state index in [4.69, 9.17) is 13.9 Å². The average molecular weight is 282 g/mol. The number of methoxy groups -OCH3 is 2. The first-order chi connectivity index (χ1) is 10.3. The van der Waals surface area contributed by atoms with E-state index in [0.29, 0.717) is 22.7 Å². The lowest BCUT2D eigenvalue weighted by Gasteiger charge is -2.02. The molecule has 106 valence electrons. The number of furan rings is 1. The van der Waals surface area contributed by atoms with Crippen LogP contribution in [0.3, 0.4) is 0 Å². The van der Waals surface area contributed by atoms with Crippen molar-refractivity contribution in [1.29, 1.82) is 0 Å². The fourth-order valence-corrected chi connectivity index (χ4v) is 2.30. The molecular formula is C17H14O4. The molecule has 0 radical (unpaired) electrons. The quantitative estimate of drug-likeness (QED) is 0.680. The van der Waals surface area contributed by atoms with Crippen molar-refractivity contribution in [3.05, 3.63) is 48.0 Å². The lowest BCUT2D eigenvalue weighted by molar-refractivity contribution is 0.112. The minimum atomic E-state index is 0.569. The Hall–Kier alpha value is -2.75. The molecule has 0 aliphatic rings. The number of hydrogen-bond acceptors (Lipinski definition) is 4. The first-order valence-electron chi connectivity index (χ1n) is 6.47. The van der Waals surface area contributed by atoms with Crippen LogP contribution >= 0.6 is 0 Å². The van der Waals surface area contributed by atoms with Gasteiger partial charge in [-0.1, -0.05) is 12.1 Å². The van der Waals surface area contributed by atoms with Gasteiger partial charge in [-0.25, -0.2) is 0 Å². The van der Waals surface area contributed by atoms with E-state index in [9.17, 15) is 4.79 Å². The molecular weight excluding hydrogens is 268 g/mol. The summed E-state index contributed by atoms with van der Waals surface area (Å²) in [6, 6.07) is 12.8. The van der Waals surface area contributed by atoms with Crippen LogP contribution in [0.15, 0.2) is 46.9 Å². The molecule has 0 amide bonds. The fraction of sp³-hybridized carbons (Fsp3) is 0.118. The van der Waals surface area contributed by atoms with Crippen molar-refractivity contribution in [3.63, 3.8) is 0 Å². The van der Waals surface area contributed by atoms with Crippen LogP contribution in [0.5, 0.6) is 11.5 Å². The van der Waals surface area contributed by atoms with Crippen molar-refractivity contribution in [1.82, 2.24) is 0 Å². The van der Waals surface area contributed by atoms with Crippen molar-refractivity contribution in [2.45, 2.75) is 0 Å². The molecule has 3 aromatic rings. The molecule has 0 fully saturated rings. The largest absolute Gasteiger partial charge is 0.497 e. The molecule has 0 aliphatic carbocycles. The zero-order valence-corrected chi connectivity index (χ0v) is 11.8. The molecule has 0 spiro atoms. The summed E-state index contributed by atoms with van der Waals surface area (Å²) >= 11 is 0. The maximum absolute atomic E-state index is 11.2. The van der Waals surface area contributed by atoms with Gasteiger partial charge in [-0.3, -0.25) is 4.79 Å². The van der Waals surface area contributed by atoms with Gasteiger partial charge in [0, 0.05) is 16.5 Å². The molecule has 0 saturated heterocycles. The second-order valence-electron chi connectivity index (χ2n) is 4.56. The second kappa shape index (κ2) is 5.32. The third-order valence-corrected chi connectivity index (χ3v) is 3.38. The average Bonchev–Trinajstić information content (AvgIpc) is 2.99. The van der Waals surface area contributed by atoms with E-state index >= 15 is 0 Å². The molecule has 1 heterocycles. The smallest absolute Gasteiger partial charge is 0.177 e. The number of ether oxygens (including phenoxy) is 2. The SMILES string of the molecule is COc1cccc(-c2cc3c(C=O)ccc(OC)c3o2)c1. The Labute approximate surface area is 121 Å². The minimum absolute atomic E-state index is 0.569. The van der Waals surface area contributed by atoms with E-state index in [-0.39, 0.29) is 0 Å². The highest BCUT2D eigenvalue weighted by Gasteiger charge is 2.14. The van der Waals surface area contributed by atoms with E-state index in [1.807, 2.05) is 30.3 Å². The Morgan fingerprint density at radius 2 is 1.90 bits per heavy atom. The number of carbonyl (C=O) groups excluding carboxylic acids is 1. The molecule has 0 unspecified atom stereocenters. The first-order valence-corrected chi connectivity index (χ1v) is 6.47. The highest BCUT2D eigenvalue weighted by molar-refractivity contribution is 6.00. The first kappa shape index (κ1) is 13.2. The van der Waals surface area contributed by atoms with Crippen LogP contribution in [0.25, 0.3) is 22.3 Å². The van der Waals surface area contributed by atoms with Crippen LogP contribution in [0, 0.1) is 0 Å². The number of hydrogen-bond donors (Lipinski definition) is 0. The van der Waals surface area contributed by atoms with Crippen molar-refractivity contribution >= 4 is 17.3 Å². The number of aldehydes is 1. The Bertz CT molecular complexity index is 802. The van der Waals surface area contributed by atoms with Gasteiger partial charge in [0.25, 0.3) is 0 Å². The lowest BCUT2D eigenvalue weighted by atomic mass is 10.1. The molecule has 0 N–H and O–H groups in total. The maximum Gasteiger partial charge on any atom is 0.177 e. The van der Waals surface area contributed by atoms with Crippen molar-refractivity contribution in [2.24, 2.45) is 0 Å². The summed E-state index contributed by atoms with van der Waals surface area (Å²) in [5.41, 5.74) is 2.02. The van der Waals surface area contributed by atoms with E-state index in [0.717, 1.165) is 23.0 Å². The summed E-state index contributed by atoms with van der Waals surface area (Å²) in [4.78, 5) is 11.2. The highest BCUT2D eigenvalue weighted by atomic mass is 16.5. The molecule has 0 saturated carbocycles. The Balaban J connectivity index is 2.22. The topological polar surface area (TPSA) is 48.7 Å². The highest BCUT2D eigenvalue weighted by Crippen LogP contribution is 2.35. The van der Waals surface area contributed by atoms with Gasteiger partial charge in [0.1, 0.15) is 11.5 Å². The van der Waals surface area contributed by atoms with Crippen LogP contribution in [0.2, 0.25) is 0 Å². The standard InChI is InChI=1S/C17H14O4/c1-19-13-5-3-4-11(8-13)16-9-14-12(10-18)6-7-15(20-2)17(14)21-16/h3-10H,1-2H3. The van der Waals surface area contributed by atoms with Crippen LogP contribution in [0.1, 0.15) is 10.4 Å². The van der Waals surface area contributed by atoms with Crippen LogP contribution in [0.4, 0.5) is 0 Å². The van der Waals surface area contributed by atoms with E-state index in [1.165, 1.54) is 0 Å². The van der Waals surface area contributed by atoms with Gasteiger partial charge in [-0.05, 0) is 30.3 Å². The molecule has 2 aromatic carbocycles. The molecule has 4 heteroatoms. The Morgan fingerprint density at radius 3 is 2.62 bits per heavy atom. The zero-order valence-electron chi connectivity index (χ0n) is 11.8. The molecule has 0 atom stereocenters. The second-order valence-corrected chi connectivity index (χ2v) is 4.56. The summed E-state index contributed by atoms with van der Waals surface area (Å²) in [5, 5.41) is 0.738. The van der Waals surface area contributed by atoms with Crippen molar-refractivity contribution in [2.75, 3.05) is 14.2 Å².